The van der Waals surface area contributed by atoms with Crippen LogP contribution in [0, 0.1) is 0 Å². The van der Waals surface area contributed by atoms with Crippen LogP contribution in [0.5, 0.6) is 0 Å². The van der Waals surface area contributed by atoms with Gasteiger partial charge in [-0.2, -0.15) is 0 Å². The average molecular weight is 236 g/mol. The standard InChI is InChI=1S/C14H20O3/c1-2-3-4-7-12-11(9-10-13(12)15)6-5-8-14(16)17/h3-4H,2,5-10H2,1H3,(H,16,17)/b4-3-. The summed E-state index contributed by atoms with van der Waals surface area (Å²) in [5.41, 5.74) is 2.11. The summed E-state index contributed by atoms with van der Waals surface area (Å²) in [6.45, 7) is 2.06. The molecule has 3 heteroatoms. The second-order valence-electron chi connectivity index (χ2n) is 4.34. The molecule has 1 rings (SSSR count). The van der Waals surface area contributed by atoms with Crippen molar-refractivity contribution in [3.63, 3.8) is 0 Å². The minimum Gasteiger partial charge on any atom is -0.481 e. The van der Waals surface area contributed by atoms with Crippen LogP contribution in [0.2, 0.25) is 0 Å². The van der Waals surface area contributed by atoms with E-state index in [1.807, 2.05) is 6.08 Å². The molecule has 0 saturated carbocycles. The number of carboxylic acid groups (broad SMARTS) is 1. The maximum absolute atomic E-state index is 11.7. The van der Waals surface area contributed by atoms with Crippen molar-refractivity contribution in [2.45, 2.75) is 51.9 Å². The Bertz CT molecular complexity index is 350. The molecule has 0 radical (unpaired) electrons. The van der Waals surface area contributed by atoms with E-state index in [1.165, 1.54) is 5.57 Å². The molecule has 0 saturated heterocycles. The van der Waals surface area contributed by atoms with E-state index in [0.29, 0.717) is 12.8 Å². The number of ketones is 1. The Labute approximate surface area is 102 Å². The van der Waals surface area contributed by atoms with Gasteiger partial charge < -0.3 is 5.11 Å². The normalized spacial score (nSPS) is 16.2. The van der Waals surface area contributed by atoms with Crippen molar-refractivity contribution in [2.75, 3.05) is 0 Å². The number of hydrogen-bond donors (Lipinski definition) is 1. The van der Waals surface area contributed by atoms with Crippen LogP contribution in [0.3, 0.4) is 0 Å². The summed E-state index contributed by atoms with van der Waals surface area (Å²) in [6, 6.07) is 0. The molecular weight excluding hydrogens is 216 g/mol. The van der Waals surface area contributed by atoms with Crippen LogP contribution < -0.4 is 0 Å². The van der Waals surface area contributed by atoms with Gasteiger partial charge in [0.25, 0.3) is 0 Å². The number of rotatable bonds is 7. The summed E-state index contributed by atoms with van der Waals surface area (Å²) in [5, 5.41) is 8.58. The topological polar surface area (TPSA) is 54.4 Å². The zero-order valence-corrected chi connectivity index (χ0v) is 10.4. The quantitative estimate of drug-likeness (QED) is 0.690. The molecule has 0 aromatic rings. The lowest BCUT2D eigenvalue weighted by atomic mass is 10.0. The molecule has 0 fully saturated rings. The molecule has 0 aromatic carbocycles. The highest BCUT2D eigenvalue weighted by Crippen LogP contribution is 2.29. The van der Waals surface area contributed by atoms with Crippen molar-refractivity contribution in [2.24, 2.45) is 0 Å². The summed E-state index contributed by atoms with van der Waals surface area (Å²) in [4.78, 5) is 22.1. The van der Waals surface area contributed by atoms with Crippen LogP contribution in [0.1, 0.15) is 51.9 Å². The highest BCUT2D eigenvalue weighted by molar-refractivity contribution is 5.98. The predicted molar refractivity (Wildman–Crippen MR) is 66.8 cm³/mol. The fraction of sp³-hybridized carbons (Fsp3) is 0.571. The zero-order valence-electron chi connectivity index (χ0n) is 10.4. The smallest absolute Gasteiger partial charge is 0.303 e. The lowest BCUT2D eigenvalue weighted by Gasteiger charge is -2.03. The number of aliphatic carboxylic acids is 1. The number of Topliss-reactive ketones (excluding diaryl/α,β-unsaturated/α-hetero) is 1. The molecular formula is C14H20O3. The predicted octanol–water partition coefficient (Wildman–Crippen LogP) is 3.26. The van der Waals surface area contributed by atoms with E-state index in [-0.39, 0.29) is 12.2 Å². The van der Waals surface area contributed by atoms with Crippen molar-refractivity contribution in [1.29, 1.82) is 0 Å². The molecule has 17 heavy (non-hydrogen) atoms. The molecule has 1 aliphatic carbocycles. The summed E-state index contributed by atoms with van der Waals surface area (Å²) in [5.74, 6) is -0.515. The third kappa shape index (κ3) is 4.55. The number of allylic oxidation sites excluding steroid dienone is 4. The first-order chi connectivity index (χ1) is 8.15. The fourth-order valence-electron chi connectivity index (χ4n) is 2.12. The summed E-state index contributed by atoms with van der Waals surface area (Å²) < 4.78 is 0. The highest BCUT2D eigenvalue weighted by atomic mass is 16.4. The van der Waals surface area contributed by atoms with E-state index in [9.17, 15) is 9.59 Å². The van der Waals surface area contributed by atoms with E-state index < -0.39 is 5.97 Å². The van der Waals surface area contributed by atoms with Gasteiger partial charge in [-0.05, 0) is 37.7 Å². The van der Waals surface area contributed by atoms with Crippen molar-refractivity contribution >= 4 is 11.8 Å². The molecule has 0 bridgehead atoms. The molecule has 0 heterocycles. The summed E-state index contributed by atoms with van der Waals surface area (Å²) in [7, 11) is 0. The molecule has 1 N–H and O–H groups in total. The van der Waals surface area contributed by atoms with Crippen LogP contribution in [0.4, 0.5) is 0 Å². The third-order valence-electron chi connectivity index (χ3n) is 3.01. The van der Waals surface area contributed by atoms with Gasteiger partial charge >= 0.3 is 5.97 Å². The van der Waals surface area contributed by atoms with Gasteiger partial charge in [-0.3, -0.25) is 9.59 Å². The van der Waals surface area contributed by atoms with Gasteiger partial charge in [0.2, 0.25) is 0 Å². The number of carbonyl (C=O) groups excluding carboxylic acids is 1. The van der Waals surface area contributed by atoms with E-state index in [2.05, 4.69) is 13.0 Å². The second-order valence-corrected chi connectivity index (χ2v) is 4.34. The van der Waals surface area contributed by atoms with Crippen LogP contribution in [-0.4, -0.2) is 16.9 Å². The molecule has 3 nitrogen and oxygen atoms in total. The Balaban J connectivity index is 2.54. The molecule has 1 aliphatic rings. The zero-order chi connectivity index (χ0) is 12.7. The lowest BCUT2D eigenvalue weighted by molar-refractivity contribution is -0.137. The molecule has 0 amide bonds. The SMILES string of the molecule is CC/C=C\CC1=C(CCCC(=O)O)CCC1=O. The van der Waals surface area contributed by atoms with Gasteiger partial charge in [0, 0.05) is 12.8 Å². The lowest BCUT2D eigenvalue weighted by Crippen LogP contribution is -1.97. The van der Waals surface area contributed by atoms with Gasteiger partial charge in [-0.15, -0.1) is 0 Å². The fourth-order valence-corrected chi connectivity index (χ4v) is 2.12. The van der Waals surface area contributed by atoms with Crippen molar-refractivity contribution in [1.82, 2.24) is 0 Å². The molecule has 0 spiro atoms. The minimum atomic E-state index is -0.762. The van der Waals surface area contributed by atoms with Crippen molar-refractivity contribution in [3.05, 3.63) is 23.3 Å². The van der Waals surface area contributed by atoms with Crippen LogP contribution in [0.15, 0.2) is 23.3 Å². The summed E-state index contributed by atoms with van der Waals surface area (Å²) in [6.07, 6.45) is 8.82. The Morgan fingerprint density at radius 1 is 1.35 bits per heavy atom. The van der Waals surface area contributed by atoms with Crippen LogP contribution in [-0.2, 0) is 9.59 Å². The second kappa shape index (κ2) is 7.05. The number of carbonyl (C=O) groups is 2. The van der Waals surface area contributed by atoms with Gasteiger partial charge in [-0.25, -0.2) is 0 Å². The minimum absolute atomic E-state index is 0.190. The maximum atomic E-state index is 11.7. The largest absolute Gasteiger partial charge is 0.481 e. The van der Waals surface area contributed by atoms with Crippen LogP contribution in [0.25, 0.3) is 0 Å². The Morgan fingerprint density at radius 3 is 2.76 bits per heavy atom. The Hall–Kier alpha value is -1.38. The molecule has 94 valence electrons. The first-order valence-corrected chi connectivity index (χ1v) is 6.26. The first-order valence-electron chi connectivity index (χ1n) is 6.26. The van der Waals surface area contributed by atoms with Crippen LogP contribution >= 0.6 is 0 Å². The Morgan fingerprint density at radius 2 is 2.12 bits per heavy atom. The van der Waals surface area contributed by atoms with E-state index in [1.54, 1.807) is 0 Å². The van der Waals surface area contributed by atoms with E-state index in [0.717, 1.165) is 31.3 Å². The van der Waals surface area contributed by atoms with Crippen molar-refractivity contribution < 1.29 is 14.7 Å². The molecule has 0 atom stereocenters. The van der Waals surface area contributed by atoms with Gasteiger partial charge in [0.1, 0.15) is 0 Å². The average Bonchev–Trinajstić information content (AvgIpc) is 2.61. The van der Waals surface area contributed by atoms with Crippen molar-refractivity contribution in [3.8, 4) is 0 Å². The first kappa shape index (κ1) is 13.7. The molecule has 0 aliphatic heterocycles. The monoisotopic (exact) mass is 236 g/mol. The van der Waals surface area contributed by atoms with E-state index in [4.69, 9.17) is 5.11 Å². The summed E-state index contributed by atoms with van der Waals surface area (Å²) >= 11 is 0. The molecule has 0 unspecified atom stereocenters. The van der Waals surface area contributed by atoms with Gasteiger partial charge in [0.15, 0.2) is 5.78 Å². The third-order valence-corrected chi connectivity index (χ3v) is 3.01. The number of hydrogen-bond acceptors (Lipinski definition) is 2. The molecule has 0 aromatic heterocycles. The van der Waals surface area contributed by atoms with Gasteiger partial charge in [0.05, 0.1) is 0 Å². The van der Waals surface area contributed by atoms with E-state index >= 15 is 0 Å². The maximum Gasteiger partial charge on any atom is 0.303 e. The number of carboxylic acids is 1. The Kier molecular flexibility index (Phi) is 5.67. The highest BCUT2D eigenvalue weighted by Gasteiger charge is 2.21. The van der Waals surface area contributed by atoms with Gasteiger partial charge in [-0.1, -0.05) is 24.6 Å².